The molecular weight excluding hydrogens is 338 g/mol. The van der Waals surface area contributed by atoms with Gasteiger partial charge in [-0.3, -0.25) is 0 Å². The molecule has 4 nitrogen and oxygen atoms in total. The van der Waals surface area contributed by atoms with Gasteiger partial charge in [-0.05, 0) is 47.9 Å². The summed E-state index contributed by atoms with van der Waals surface area (Å²) in [6.07, 6.45) is 0. The molecule has 0 radical (unpaired) electrons. The van der Waals surface area contributed by atoms with Crippen LogP contribution in [-0.4, -0.2) is 18.2 Å². The molecule has 0 unspecified atom stereocenters. The van der Waals surface area contributed by atoms with Crippen molar-refractivity contribution in [2.75, 3.05) is 7.11 Å². The van der Waals surface area contributed by atoms with Crippen LogP contribution in [0.5, 0.6) is 5.75 Å². The van der Waals surface area contributed by atoms with Gasteiger partial charge in [-0.25, -0.2) is 4.79 Å². The van der Waals surface area contributed by atoms with Gasteiger partial charge in [0.15, 0.2) is 0 Å². The molecule has 0 spiro atoms. The standard InChI is InChI=1S/C23H23NO3/c1-16(18-7-4-3-5-8-18)24-15-17-11-12-22(27-2)21(13-17)19-9-6-10-20(14-19)23(25)26/h3-14,16,24H,15H2,1-2H3,(H,25,26)/t16-/m1/s1. The highest BCUT2D eigenvalue weighted by Crippen LogP contribution is 2.31. The Morgan fingerprint density at radius 2 is 1.81 bits per heavy atom. The third kappa shape index (κ3) is 4.54. The molecule has 0 aliphatic carbocycles. The minimum atomic E-state index is -0.940. The van der Waals surface area contributed by atoms with Crippen molar-refractivity contribution in [3.63, 3.8) is 0 Å². The summed E-state index contributed by atoms with van der Waals surface area (Å²) in [7, 11) is 1.62. The van der Waals surface area contributed by atoms with Crippen LogP contribution >= 0.6 is 0 Å². The van der Waals surface area contributed by atoms with E-state index in [2.05, 4.69) is 24.4 Å². The average molecular weight is 361 g/mol. The van der Waals surface area contributed by atoms with Crippen molar-refractivity contribution in [1.29, 1.82) is 0 Å². The zero-order valence-electron chi connectivity index (χ0n) is 15.5. The molecule has 0 heterocycles. The Bertz CT molecular complexity index is 922. The Labute approximate surface area is 159 Å². The van der Waals surface area contributed by atoms with Crippen LogP contribution in [0, 0.1) is 0 Å². The van der Waals surface area contributed by atoms with Gasteiger partial charge in [0, 0.05) is 18.2 Å². The number of aromatic carboxylic acids is 1. The Morgan fingerprint density at radius 3 is 2.52 bits per heavy atom. The average Bonchev–Trinajstić information content (AvgIpc) is 2.72. The van der Waals surface area contributed by atoms with Gasteiger partial charge in [-0.15, -0.1) is 0 Å². The molecule has 138 valence electrons. The maximum absolute atomic E-state index is 11.3. The lowest BCUT2D eigenvalue weighted by atomic mass is 9.99. The smallest absolute Gasteiger partial charge is 0.335 e. The van der Waals surface area contributed by atoms with E-state index >= 15 is 0 Å². The van der Waals surface area contributed by atoms with Crippen LogP contribution in [0.3, 0.4) is 0 Å². The lowest BCUT2D eigenvalue weighted by molar-refractivity contribution is 0.0697. The number of carbonyl (C=O) groups is 1. The molecule has 0 aliphatic rings. The molecule has 3 aromatic carbocycles. The Morgan fingerprint density at radius 1 is 1.04 bits per heavy atom. The van der Waals surface area contributed by atoms with Crippen molar-refractivity contribution in [3.05, 3.63) is 89.5 Å². The van der Waals surface area contributed by atoms with Gasteiger partial charge < -0.3 is 15.2 Å². The Kier molecular flexibility index (Phi) is 5.89. The number of hydrogen-bond acceptors (Lipinski definition) is 3. The van der Waals surface area contributed by atoms with Crippen LogP contribution in [0.25, 0.3) is 11.1 Å². The number of nitrogens with one attached hydrogen (secondary N) is 1. The van der Waals surface area contributed by atoms with Gasteiger partial charge in [0.05, 0.1) is 12.7 Å². The Balaban J connectivity index is 1.83. The molecule has 0 amide bonds. The topological polar surface area (TPSA) is 58.6 Å². The lowest BCUT2D eigenvalue weighted by Gasteiger charge is -2.16. The molecule has 0 aliphatic heterocycles. The van der Waals surface area contributed by atoms with E-state index in [9.17, 15) is 9.90 Å². The largest absolute Gasteiger partial charge is 0.496 e. The molecule has 0 saturated carbocycles. The summed E-state index contributed by atoms with van der Waals surface area (Å²) in [5, 5.41) is 12.8. The van der Waals surface area contributed by atoms with Crippen LogP contribution < -0.4 is 10.1 Å². The fourth-order valence-corrected chi connectivity index (χ4v) is 3.04. The van der Waals surface area contributed by atoms with Crippen LogP contribution in [0.1, 0.15) is 34.5 Å². The molecule has 0 aromatic heterocycles. The second-order valence-electron chi connectivity index (χ2n) is 6.43. The van der Waals surface area contributed by atoms with E-state index in [-0.39, 0.29) is 11.6 Å². The lowest BCUT2D eigenvalue weighted by Crippen LogP contribution is -2.18. The monoisotopic (exact) mass is 361 g/mol. The second kappa shape index (κ2) is 8.52. The fourth-order valence-electron chi connectivity index (χ4n) is 3.04. The molecular formula is C23H23NO3. The van der Waals surface area contributed by atoms with Crippen LogP contribution in [0.2, 0.25) is 0 Å². The fraction of sp³-hybridized carbons (Fsp3) is 0.174. The molecule has 1 atom stereocenters. The van der Waals surface area contributed by atoms with Crippen molar-refractivity contribution in [2.45, 2.75) is 19.5 Å². The molecule has 4 heteroatoms. The maximum Gasteiger partial charge on any atom is 0.335 e. The van der Waals surface area contributed by atoms with Crippen LogP contribution in [0.15, 0.2) is 72.8 Å². The number of carboxylic acid groups (broad SMARTS) is 1. The van der Waals surface area contributed by atoms with E-state index in [1.165, 1.54) is 5.56 Å². The van der Waals surface area contributed by atoms with E-state index in [1.807, 2.05) is 42.5 Å². The first-order valence-corrected chi connectivity index (χ1v) is 8.87. The molecule has 0 bridgehead atoms. The summed E-state index contributed by atoms with van der Waals surface area (Å²) >= 11 is 0. The second-order valence-corrected chi connectivity index (χ2v) is 6.43. The summed E-state index contributed by atoms with van der Waals surface area (Å²) in [5.41, 5.74) is 4.31. The van der Waals surface area contributed by atoms with Crippen molar-refractivity contribution < 1.29 is 14.6 Å². The van der Waals surface area contributed by atoms with Gasteiger partial charge >= 0.3 is 5.97 Å². The van der Waals surface area contributed by atoms with Crippen LogP contribution in [0.4, 0.5) is 0 Å². The highest BCUT2D eigenvalue weighted by molar-refractivity contribution is 5.89. The number of carboxylic acids is 1. The number of ether oxygens (including phenoxy) is 1. The summed E-state index contributed by atoms with van der Waals surface area (Å²) in [6, 6.07) is 23.4. The predicted octanol–water partition coefficient (Wildman–Crippen LogP) is 4.91. The van der Waals surface area contributed by atoms with Gasteiger partial charge in [-0.2, -0.15) is 0 Å². The first kappa shape index (κ1) is 18.7. The maximum atomic E-state index is 11.3. The summed E-state index contributed by atoms with van der Waals surface area (Å²) in [6.45, 7) is 2.84. The predicted molar refractivity (Wildman–Crippen MR) is 107 cm³/mol. The molecule has 0 fully saturated rings. The minimum Gasteiger partial charge on any atom is -0.496 e. The highest BCUT2D eigenvalue weighted by Gasteiger charge is 2.11. The number of benzene rings is 3. The van der Waals surface area contributed by atoms with Gasteiger partial charge in [0.1, 0.15) is 5.75 Å². The summed E-state index contributed by atoms with van der Waals surface area (Å²) < 4.78 is 5.48. The molecule has 27 heavy (non-hydrogen) atoms. The van der Waals surface area contributed by atoms with Crippen molar-refractivity contribution >= 4 is 5.97 Å². The number of hydrogen-bond donors (Lipinski definition) is 2. The molecule has 0 saturated heterocycles. The Hall–Kier alpha value is -3.11. The van der Waals surface area contributed by atoms with Crippen molar-refractivity contribution in [3.8, 4) is 16.9 Å². The minimum absolute atomic E-state index is 0.229. The SMILES string of the molecule is COc1ccc(CN[C@H](C)c2ccccc2)cc1-c1cccc(C(=O)O)c1. The normalized spacial score (nSPS) is 11.8. The third-order valence-corrected chi connectivity index (χ3v) is 4.60. The first-order chi connectivity index (χ1) is 13.1. The van der Waals surface area contributed by atoms with E-state index in [1.54, 1.807) is 25.3 Å². The van der Waals surface area contributed by atoms with Gasteiger partial charge in [-0.1, -0.05) is 48.5 Å². The first-order valence-electron chi connectivity index (χ1n) is 8.87. The van der Waals surface area contributed by atoms with Crippen molar-refractivity contribution in [1.82, 2.24) is 5.32 Å². The van der Waals surface area contributed by atoms with E-state index in [0.717, 1.165) is 22.4 Å². The quantitative estimate of drug-likeness (QED) is 0.628. The zero-order valence-corrected chi connectivity index (χ0v) is 15.5. The van der Waals surface area contributed by atoms with E-state index < -0.39 is 5.97 Å². The third-order valence-electron chi connectivity index (χ3n) is 4.60. The molecule has 3 rings (SSSR count). The van der Waals surface area contributed by atoms with E-state index in [0.29, 0.717) is 6.54 Å². The number of rotatable bonds is 7. The van der Waals surface area contributed by atoms with Gasteiger partial charge in [0.25, 0.3) is 0 Å². The molecule has 2 N–H and O–H groups in total. The zero-order chi connectivity index (χ0) is 19.2. The van der Waals surface area contributed by atoms with Crippen molar-refractivity contribution in [2.24, 2.45) is 0 Å². The van der Waals surface area contributed by atoms with E-state index in [4.69, 9.17) is 4.74 Å². The van der Waals surface area contributed by atoms with Crippen LogP contribution in [-0.2, 0) is 6.54 Å². The number of methoxy groups -OCH3 is 1. The van der Waals surface area contributed by atoms with Gasteiger partial charge in [0.2, 0.25) is 0 Å². The highest BCUT2D eigenvalue weighted by atomic mass is 16.5. The summed E-state index contributed by atoms with van der Waals surface area (Å²) in [4.78, 5) is 11.3. The summed E-state index contributed by atoms with van der Waals surface area (Å²) in [5.74, 6) is -0.220. The molecule has 3 aromatic rings.